The van der Waals surface area contributed by atoms with Crippen molar-refractivity contribution in [1.29, 1.82) is 0 Å². The van der Waals surface area contributed by atoms with E-state index in [2.05, 4.69) is 25.5 Å². The number of tetrazole rings is 1. The van der Waals surface area contributed by atoms with E-state index < -0.39 is 11.6 Å². The topological polar surface area (TPSA) is 69.4 Å². The van der Waals surface area contributed by atoms with Gasteiger partial charge in [-0.2, -0.15) is 0 Å². The van der Waals surface area contributed by atoms with Crippen LogP contribution in [0.4, 0.5) is 8.78 Å². The Kier molecular flexibility index (Phi) is 2.90. The Labute approximate surface area is 112 Å². The second kappa shape index (κ2) is 4.72. The van der Waals surface area contributed by atoms with Crippen molar-refractivity contribution < 1.29 is 8.78 Å². The molecule has 0 atom stereocenters. The molecule has 100 valence electrons. The van der Waals surface area contributed by atoms with Gasteiger partial charge in [-0.05, 0) is 34.7 Å². The number of hydrogen-bond acceptors (Lipinski definition) is 5. The number of aryl methyl sites for hydroxylation is 1. The van der Waals surface area contributed by atoms with Gasteiger partial charge in [-0.3, -0.25) is 0 Å². The Hall–Kier alpha value is -2.77. The minimum absolute atomic E-state index is 0.447. The zero-order chi connectivity index (χ0) is 14.1. The molecule has 0 N–H and O–H groups in total. The van der Waals surface area contributed by atoms with Crippen molar-refractivity contribution in [1.82, 2.24) is 30.2 Å². The van der Waals surface area contributed by atoms with E-state index in [0.717, 1.165) is 12.1 Å². The third-order valence-electron chi connectivity index (χ3n) is 2.73. The maximum Gasteiger partial charge on any atom is 0.200 e. The number of aromatic nitrogens is 6. The summed E-state index contributed by atoms with van der Waals surface area (Å²) in [6, 6.07) is 5.19. The molecule has 3 rings (SSSR count). The highest BCUT2D eigenvalue weighted by Crippen LogP contribution is 2.22. The molecule has 0 fully saturated rings. The van der Waals surface area contributed by atoms with Crippen LogP contribution in [0.15, 0.2) is 30.6 Å². The lowest BCUT2D eigenvalue weighted by Gasteiger charge is -2.03. The Morgan fingerprint density at radius 1 is 1.00 bits per heavy atom. The fourth-order valence-electron chi connectivity index (χ4n) is 1.74. The van der Waals surface area contributed by atoms with Crippen LogP contribution in [0.3, 0.4) is 0 Å². The van der Waals surface area contributed by atoms with Gasteiger partial charge in [0, 0.05) is 12.6 Å². The van der Waals surface area contributed by atoms with Crippen molar-refractivity contribution in [2.75, 3.05) is 0 Å². The predicted octanol–water partition coefficient (Wildman–Crippen LogP) is 1.61. The van der Waals surface area contributed by atoms with Crippen molar-refractivity contribution >= 4 is 0 Å². The summed E-state index contributed by atoms with van der Waals surface area (Å²) < 4.78 is 27.6. The van der Waals surface area contributed by atoms with Gasteiger partial charge in [0.05, 0.1) is 5.69 Å². The highest BCUT2D eigenvalue weighted by molar-refractivity contribution is 5.64. The van der Waals surface area contributed by atoms with Crippen LogP contribution in [0.25, 0.3) is 22.8 Å². The molecule has 6 nitrogen and oxygen atoms in total. The van der Waals surface area contributed by atoms with Gasteiger partial charge >= 0.3 is 0 Å². The summed E-state index contributed by atoms with van der Waals surface area (Å²) in [5.41, 5.74) is 1.40. The van der Waals surface area contributed by atoms with E-state index >= 15 is 0 Å². The van der Waals surface area contributed by atoms with Crippen LogP contribution in [0, 0.1) is 11.6 Å². The summed E-state index contributed by atoms with van der Waals surface area (Å²) in [6.07, 6.45) is 1.32. The third kappa shape index (κ3) is 2.11. The van der Waals surface area contributed by atoms with Gasteiger partial charge < -0.3 is 0 Å². The van der Waals surface area contributed by atoms with Crippen LogP contribution in [-0.2, 0) is 7.05 Å². The molecule has 0 unspecified atom stereocenters. The number of benzene rings is 1. The molecule has 0 radical (unpaired) electrons. The molecule has 1 aromatic carbocycles. The fourth-order valence-corrected chi connectivity index (χ4v) is 1.74. The van der Waals surface area contributed by atoms with E-state index in [1.165, 1.54) is 17.1 Å². The Morgan fingerprint density at radius 2 is 1.80 bits per heavy atom. The van der Waals surface area contributed by atoms with Crippen LogP contribution >= 0.6 is 0 Å². The molecule has 8 heteroatoms. The van der Waals surface area contributed by atoms with E-state index in [9.17, 15) is 8.78 Å². The molecule has 0 bridgehead atoms. The van der Waals surface area contributed by atoms with Gasteiger partial charge in [0.15, 0.2) is 11.6 Å². The fraction of sp³-hybridized carbons (Fsp3) is 0.0833. The van der Waals surface area contributed by atoms with E-state index in [1.54, 1.807) is 13.1 Å². The maximum absolute atomic E-state index is 13.2. The number of halogens is 2. The first kappa shape index (κ1) is 12.3. The Balaban J connectivity index is 2.07. The summed E-state index contributed by atoms with van der Waals surface area (Å²) in [7, 11) is 1.68. The highest BCUT2D eigenvalue weighted by Gasteiger charge is 2.11. The molecule has 0 aliphatic carbocycles. The second-order valence-electron chi connectivity index (χ2n) is 4.04. The van der Waals surface area contributed by atoms with Gasteiger partial charge in [0.2, 0.25) is 5.82 Å². The molecule has 3 aromatic rings. The first-order valence-corrected chi connectivity index (χ1v) is 5.65. The minimum atomic E-state index is -0.928. The van der Waals surface area contributed by atoms with Gasteiger partial charge in [0.25, 0.3) is 0 Å². The number of rotatable bonds is 2. The lowest BCUT2D eigenvalue weighted by atomic mass is 10.1. The second-order valence-corrected chi connectivity index (χ2v) is 4.04. The number of nitrogens with zero attached hydrogens (tertiary/aromatic N) is 6. The maximum atomic E-state index is 13.2. The Morgan fingerprint density at radius 3 is 2.50 bits per heavy atom. The van der Waals surface area contributed by atoms with Gasteiger partial charge in [-0.25, -0.2) is 23.4 Å². The quantitative estimate of drug-likeness (QED) is 0.710. The van der Waals surface area contributed by atoms with Gasteiger partial charge in [-0.15, -0.1) is 5.10 Å². The summed E-state index contributed by atoms with van der Waals surface area (Å²) in [6.45, 7) is 0. The average Bonchev–Trinajstić information content (AvgIpc) is 2.88. The third-order valence-corrected chi connectivity index (χ3v) is 2.73. The minimum Gasteiger partial charge on any atom is -0.236 e. The zero-order valence-electron chi connectivity index (χ0n) is 10.3. The molecule has 20 heavy (non-hydrogen) atoms. The summed E-state index contributed by atoms with van der Waals surface area (Å²) >= 11 is 0. The molecular formula is C12H8F2N6. The van der Waals surface area contributed by atoms with E-state index in [1.807, 2.05) is 0 Å². The van der Waals surface area contributed by atoms with Crippen LogP contribution < -0.4 is 0 Å². The molecule has 0 aliphatic rings. The monoisotopic (exact) mass is 274 g/mol. The summed E-state index contributed by atoms with van der Waals surface area (Å²) in [4.78, 5) is 8.11. The molecule has 2 aromatic heterocycles. The van der Waals surface area contributed by atoms with Crippen molar-refractivity contribution in [2.45, 2.75) is 0 Å². The largest absolute Gasteiger partial charge is 0.236 e. The van der Waals surface area contributed by atoms with Crippen molar-refractivity contribution in [3.05, 3.63) is 42.2 Å². The van der Waals surface area contributed by atoms with Crippen LogP contribution in [0.2, 0.25) is 0 Å². The van der Waals surface area contributed by atoms with Gasteiger partial charge in [-0.1, -0.05) is 0 Å². The van der Waals surface area contributed by atoms with Crippen LogP contribution in [-0.4, -0.2) is 30.2 Å². The average molecular weight is 274 g/mol. The molecule has 0 amide bonds. The Bertz CT molecular complexity index is 770. The van der Waals surface area contributed by atoms with E-state index in [0.29, 0.717) is 22.8 Å². The lowest BCUT2D eigenvalue weighted by molar-refractivity contribution is 0.509. The van der Waals surface area contributed by atoms with Crippen molar-refractivity contribution in [2.24, 2.45) is 7.05 Å². The van der Waals surface area contributed by atoms with E-state index in [4.69, 9.17) is 0 Å². The lowest BCUT2D eigenvalue weighted by Crippen LogP contribution is -1.98. The smallest absolute Gasteiger partial charge is 0.200 e. The molecule has 0 saturated heterocycles. The predicted molar refractivity (Wildman–Crippen MR) is 65.2 cm³/mol. The molecule has 0 spiro atoms. The highest BCUT2D eigenvalue weighted by atomic mass is 19.2. The van der Waals surface area contributed by atoms with Crippen molar-refractivity contribution in [3.8, 4) is 22.8 Å². The van der Waals surface area contributed by atoms with Gasteiger partial charge in [0.1, 0.15) is 12.0 Å². The van der Waals surface area contributed by atoms with Crippen LogP contribution in [0.1, 0.15) is 0 Å². The van der Waals surface area contributed by atoms with Crippen LogP contribution in [0.5, 0.6) is 0 Å². The summed E-state index contributed by atoms with van der Waals surface area (Å²) in [5, 5.41) is 11.1. The first-order valence-electron chi connectivity index (χ1n) is 5.65. The standard InChI is InChI=1S/C12H8F2N6/c1-20-12(17-18-19-20)11-5-10(15-6-16-11)7-2-3-8(13)9(14)4-7/h2-6H,1H3. The first-order chi connectivity index (χ1) is 9.65. The van der Waals surface area contributed by atoms with Crippen molar-refractivity contribution in [3.63, 3.8) is 0 Å². The molecule has 0 aliphatic heterocycles. The summed E-state index contributed by atoms with van der Waals surface area (Å²) in [5.74, 6) is -1.38. The molecule has 2 heterocycles. The normalized spacial score (nSPS) is 10.8. The number of hydrogen-bond donors (Lipinski definition) is 0. The molecular weight excluding hydrogens is 266 g/mol. The zero-order valence-corrected chi connectivity index (χ0v) is 10.3. The van der Waals surface area contributed by atoms with E-state index in [-0.39, 0.29) is 0 Å². The molecule has 0 saturated carbocycles. The SMILES string of the molecule is Cn1nnnc1-c1cc(-c2ccc(F)c(F)c2)ncn1.